The normalized spacial score (nSPS) is 14.1. The van der Waals surface area contributed by atoms with Crippen molar-refractivity contribution < 1.29 is 27.1 Å². The molecular weight excluding hydrogens is 629 g/mol. The molecule has 0 unspecified atom stereocenters. The predicted molar refractivity (Wildman–Crippen MR) is 185 cm³/mol. The summed E-state index contributed by atoms with van der Waals surface area (Å²) in [5, 5.41) is 3.21. The fourth-order valence-corrected chi connectivity index (χ4v) is 7.53. The molecule has 1 atom stereocenters. The van der Waals surface area contributed by atoms with Gasteiger partial charge in [-0.1, -0.05) is 79.4 Å². The summed E-state index contributed by atoms with van der Waals surface area (Å²) in [6.45, 7) is 1.41. The molecule has 252 valence electrons. The zero-order valence-corrected chi connectivity index (χ0v) is 28.2. The molecule has 2 amide bonds. The third-order valence-corrected chi connectivity index (χ3v) is 10.5. The highest BCUT2D eigenvalue weighted by Gasteiger charge is 2.35. The van der Waals surface area contributed by atoms with E-state index in [-0.39, 0.29) is 35.5 Å². The topological polar surface area (TPSA) is 96.0 Å². The third-order valence-electron chi connectivity index (χ3n) is 8.70. The molecule has 0 spiro atoms. The number of halogens is 1. The Bertz CT molecular complexity index is 1780. The minimum absolute atomic E-state index is 0.00612. The maximum atomic E-state index is 14.6. The van der Waals surface area contributed by atoms with Crippen LogP contribution in [0.25, 0.3) is 0 Å². The first kappa shape index (κ1) is 34.6. The molecule has 0 bridgehead atoms. The Hall–Kier alpha value is -4.70. The lowest BCUT2D eigenvalue weighted by molar-refractivity contribution is -0.140. The van der Waals surface area contributed by atoms with E-state index in [9.17, 15) is 22.4 Å². The van der Waals surface area contributed by atoms with Gasteiger partial charge in [-0.25, -0.2) is 12.8 Å². The van der Waals surface area contributed by atoms with Crippen LogP contribution in [0.1, 0.15) is 48.8 Å². The lowest BCUT2D eigenvalue weighted by atomic mass is 9.94. The molecule has 1 N–H and O–H groups in total. The number of benzene rings is 4. The fourth-order valence-electron chi connectivity index (χ4n) is 6.12. The van der Waals surface area contributed by atoms with E-state index in [4.69, 9.17) is 4.74 Å². The van der Waals surface area contributed by atoms with Crippen LogP contribution in [-0.2, 0) is 32.6 Å². The summed E-state index contributed by atoms with van der Waals surface area (Å²) in [6, 6.07) is 27.0. The zero-order chi connectivity index (χ0) is 34.1. The Morgan fingerprint density at radius 1 is 0.875 bits per heavy atom. The molecule has 10 heteroatoms. The van der Waals surface area contributed by atoms with Gasteiger partial charge in [0.25, 0.3) is 10.0 Å². The van der Waals surface area contributed by atoms with Gasteiger partial charge >= 0.3 is 0 Å². The van der Waals surface area contributed by atoms with Gasteiger partial charge in [0.05, 0.1) is 17.7 Å². The fraction of sp³-hybridized carbons (Fsp3) is 0.316. The molecule has 4 aromatic rings. The van der Waals surface area contributed by atoms with Crippen molar-refractivity contribution in [1.29, 1.82) is 0 Å². The van der Waals surface area contributed by atoms with Gasteiger partial charge in [0, 0.05) is 19.0 Å². The molecule has 0 saturated heterocycles. The number of ether oxygens (including phenoxy) is 1. The maximum Gasteiger partial charge on any atom is 0.264 e. The van der Waals surface area contributed by atoms with Crippen LogP contribution < -0.4 is 14.4 Å². The van der Waals surface area contributed by atoms with Crippen LogP contribution in [0.15, 0.2) is 108 Å². The Morgan fingerprint density at radius 3 is 2.19 bits per heavy atom. The average molecular weight is 672 g/mol. The van der Waals surface area contributed by atoms with E-state index in [2.05, 4.69) is 5.32 Å². The number of amides is 2. The zero-order valence-electron chi connectivity index (χ0n) is 27.3. The van der Waals surface area contributed by atoms with Gasteiger partial charge < -0.3 is 15.0 Å². The van der Waals surface area contributed by atoms with Crippen LogP contribution in [0.4, 0.5) is 10.1 Å². The van der Waals surface area contributed by atoms with Gasteiger partial charge in [-0.05, 0) is 79.4 Å². The number of nitrogens with one attached hydrogen (secondary N) is 1. The van der Waals surface area contributed by atoms with Crippen molar-refractivity contribution in [1.82, 2.24) is 10.2 Å². The molecular formula is C38H42FN3O5S. The van der Waals surface area contributed by atoms with Crippen LogP contribution in [0.2, 0.25) is 0 Å². The van der Waals surface area contributed by atoms with E-state index >= 15 is 0 Å². The van der Waals surface area contributed by atoms with Crippen molar-refractivity contribution >= 4 is 27.5 Å². The van der Waals surface area contributed by atoms with Crippen LogP contribution in [-0.4, -0.2) is 50.9 Å². The number of methoxy groups -OCH3 is 1. The summed E-state index contributed by atoms with van der Waals surface area (Å²) < 4.78 is 48.5. The molecule has 4 aromatic carbocycles. The summed E-state index contributed by atoms with van der Waals surface area (Å²) in [4.78, 5) is 30.3. The van der Waals surface area contributed by atoms with Gasteiger partial charge in [-0.2, -0.15) is 0 Å². The van der Waals surface area contributed by atoms with Gasteiger partial charge in [-0.3, -0.25) is 13.9 Å². The Kier molecular flexibility index (Phi) is 11.5. The highest BCUT2D eigenvalue weighted by molar-refractivity contribution is 7.92. The van der Waals surface area contributed by atoms with Gasteiger partial charge in [0.15, 0.2) is 0 Å². The summed E-state index contributed by atoms with van der Waals surface area (Å²) >= 11 is 0. The van der Waals surface area contributed by atoms with E-state index < -0.39 is 34.3 Å². The molecule has 48 heavy (non-hydrogen) atoms. The van der Waals surface area contributed by atoms with Crippen molar-refractivity contribution in [3.63, 3.8) is 0 Å². The Morgan fingerprint density at radius 2 is 1.54 bits per heavy atom. The first-order valence-corrected chi connectivity index (χ1v) is 17.7. The molecule has 1 aliphatic rings. The largest absolute Gasteiger partial charge is 0.497 e. The van der Waals surface area contributed by atoms with E-state index in [0.29, 0.717) is 5.75 Å². The van der Waals surface area contributed by atoms with Crippen molar-refractivity contribution in [2.75, 3.05) is 18.0 Å². The molecule has 1 fully saturated rings. The molecule has 0 heterocycles. The lowest BCUT2D eigenvalue weighted by Crippen LogP contribution is -2.55. The minimum Gasteiger partial charge on any atom is -0.497 e. The molecule has 1 saturated carbocycles. The van der Waals surface area contributed by atoms with Gasteiger partial charge in [0.1, 0.15) is 24.2 Å². The summed E-state index contributed by atoms with van der Waals surface area (Å²) in [7, 11) is -2.84. The monoisotopic (exact) mass is 671 g/mol. The van der Waals surface area contributed by atoms with Crippen molar-refractivity contribution in [2.45, 2.75) is 69.0 Å². The predicted octanol–water partition coefficient (Wildman–Crippen LogP) is 6.43. The number of rotatable bonds is 13. The van der Waals surface area contributed by atoms with Crippen LogP contribution in [0.5, 0.6) is 5.75 Å². The Balaban J connectivity index is 1.56. The van der Waals surface area contributed by atoms with Crippen LogP contribution >= 0.6 is 0 Å². The molecule has 1 aliphatic carbocycles. The highest BCUT2D eigenvalue weighted by Crippen LogP contribution is 2.27. The number of carbonyl (C=O) groups excluding carboxylic acids is 2. The number of sulfonamides is 1. The molecule has 5 rings (SSSR count). The van der Waals surface area contributed by atoms with Crippen LogP contribution in [0.3, 0.4) is 0 Å². The number of hydrogen-bond donors (Lipinski definition) is 1. The maximum absolute atomic E-state index is 14.6. The summed E-state index contributed by atoms with van der Waals surface area (Å²) in [6.07, 6.45) is 5.15. The number of nitrogens with zero attached hydrogens (tertiary/aromatic N) is 2. The van der Waals surface area contributed by atoms with E-state index in [1.165, 1.54) is 48.4 Å². The van der Waals surface area contributed by atoms with Crippen molar-refractivity contribution in [2.24, 2.45) is 0 Å². The number of anilines is 1. The summed E-state index contributed by atoms with van der Waals surface area (Å²) in [5.41, 5.74) is 2.77. The standard InChI is InChI=1S/C38H42FN3O5S/c1-28-10-9-13-30(24-28)26-41(36(25-29-11-5-3-6-12-29)38(44)40-32-14-7-4-8-15-32)37(43)27-42(33-18-16-31(39)17-19-33)48(45,46)35-22-20-34(47-2)21-23-35/h3,5-6,9-13,16-24,32,36H,4,7-8,14-15,25-27H2,1-2H3,(H,40,44)/t36-/m1/s1. The van der Waals surface area contributed by atoms with Crippen molar-refractivity contribution in [3.05, 3.63) is 126 Å². The molecule has 0 radical (unpaired) electrons. The first-order valence-electron chi connectivity index (χ1n) is 16.3. The molecule has 0 aliphatic heterocycles. The minimum atomic E-state index is -4.32. The van der Waals surface area contributed by atoms with E-state index in [1.54, 1.807) is 0 Å². The number of carbonyl (C=O) groups is 2. The second kappa shape index (κ2) is 15.9. The van der Waals surface area contributed by atoms with E-state index in [0.717, 1.165) is 65.2 Å². The second-order valence-corrected chi connectivity index (χ2v) is 14.1. The quantitative estimate of drug-likeness (QED) is 0.177. The lowest BCUT2D eigenvalue weighted by Gasteiger charge is -2.35. The van der Waals surface area contributed by atoms with Crippen LogP contribution in [0, 0.1) is 12.7 Å². The molecule has 8 nitrogen and oxygen atoms in total. The Labute approximate surface area is 282 Å². The third kappa shape index (κ3) is 8.80. The first-order chi connectivity index (χ1) is 23.1. The smallest absolute Gasteiger partial charge is 0.264 e. The SMILES string of the molecule is COc1ccc(S(=O)(=O)N(CC(=O)N(Cc2cccc(C)c2)[C@H](Cc2ccccc2)C(=O)NC2CCCCC2)c2ccc(F)cc2)cc1. The van der Waals surface area contributed by atoms with Gasteiger partial charge in [-0.15, -0.1) is 0 Å². The molecule has 0 aromatic heterocycles. The van der Waals surface area contributed by atoms with E-state index in [1.807, 2.05) is 61.5 Å². The average Bonchev–Trinajstić information content (AvgIpc) is 3.10. The second-order valence-electron chi connectivity index (χ2n) is 12.2. The van der Waals surface area contributed by atoms with Crippen molar-refractivity contribution in [3.8, 4) is 5.75 Å². The number of hydrogen-bond acceptors (Lipinski definition) is 5. The highest BCUT2D eigenvalue weighted by atomic mass is 32.2. The summed E-state index contributed by atoms with van der Waals surface area (Å²) in [5.74, 6) is -0.929. The van der Waals surface area contributed by atoms with Gasteiger partial charge in [0.2, 0.25) is 11.8 Å². The number of aryl methyl sites for hydroxylation is 1.